The van der Waals surface area contributed by atoms with Gasteiger partial charge in [0.15, 0.2) is 5.76 Å². The van der Waals surface area contributed by atoms with Crippen molar-refractivity contribution < 1.29 is 17.6 Å². The molecule has 1 aromatic carbocycles. The number of halogens is 4. The van der Waals surface area contributed by atoms with E-state index in [2.05, 4.69) is 10.4 Å². The number of benzene rings is 1. The number of hydrogen-bond acceptors (Lipinski definition) is 3. The van der Waals surface area contributed by atoms with E-state index in [1.807, 2.05) is 0 Å². The van der Waals surface area contributed by atoms with Crippen LogP contribution in [0.2, 0.25) is 5.02 Å². The van der Waals surface area contributed by atoms with Crippen LogP contribution >= 0.6 is 11.6 Å². The van der Waals surface area contributed by atoms with Crippen LogP contribution in [0.3, 0.4) is 0 Å². The third kappa shape index (κ3) is 2.36. The fourth-order valence-electron chi connectivity index (χ4n) is 2.88. The first-order valence-corrected chi connectivity index (χ1v) is 7.60. The zero-order valence-corrected chi connectivity index (χ0v) is 12.9. The van der Waals surface area contributed by atoms with Crippen molar-refractivity contribution >= 4 is 17.4 Å². The van der Waals surface area contributed by atoms with E-state index in [9.17, 15) is 13.2 Å². The largest absolute Gasteiger partial charge is 0.463 e. The number of nitrogens with one attached hydrogen (secondary N) is 1. The maximum Gasteiger partial charge on any atom is 0.418 e. The summed E-state index contributed by atoms with van der Waals surface area (Å²) < 4.78 is 46.9. The predicted octanol–water partition coefficient (Wildman–Crippen LogP) is 4.77. The average Bonchev–Trinajstić information content (AvgIpc) is 3.23. The van der Waals surface area contributed by atoms with Crippen LogP contribution in [0.5, 0.6) is 0 Å². The Bertz CT molecular complexity index is 900. The molecule has 0 aliphatic carbocycles. The van der Waals surface area contributed by atoms with Crippen molar-refractivity contribution in [3.05, 3.63) is 52.7 Å². The molecule has 3 heterocycles. The number of alkyl halides is 3. The van der Waals surface area contributed by atoms with Crippen LogP contribution < -0.4 is 5.32 Å². The molecule has 0 unspecified atom stereocenters. The van der Waals surface area contributed by atoms with Gasteiger partial charge in [0.1, 0.15) is 11.5 Å². The molecule has 24 heavy (non-hydrogen) atoms. The lowest BCUT2D eigenvalue weighted by molar-refractivity contribution is -0.137. The smallest absolute Gasteiger partial charge is 0.418 e. The van der Waals surface area contributed by atoms with Gasteiger partial charge >= 0.3 is 6.18 Å². The maximum atomic E-state index is 13.4. The Balaban J connectivity index is 1.95. The van der Waals surface area contributed by atoms with Gasteiger partial charge in [-0.05, 0) is 36.8 Å². The molecule has 0 saturated heterocycles. The standard InChI is InChI=1S/C16H11ClF3N3O/c17-9-3-4-12(11(8-9)16(18,19)20)23-15-10(5-6-21-15)14(22-23)13-2-1-7-24-13/h1-4,7-8,21H,5-6H2. The second kappa shape index (κ2) is 5.31. The number of aromatic nitrogens is 2. The lowest BCUT2D eigenvalue weighted by Crippen LogP contribution is -2.13. The summed E-state index contributed by atoms with van der Waals surface area (Å²) in [6.45, 7) is 0.635. The molecule has 1 aliphatic heterocycles. The lowest BCUT2D eigenvalue weighted by Gasteiger charge is -2.15. The van der Waals surface area contributed by atoms with E-state index < -0.39 is 11.7 Å². The van der Waals surface area contributed by atoms with E-state index in [-0.39, 0.29) is 10.7 Å². The van der Waals surface area contributed by atoms with Gasteiger partial charge in [-0.2, -0.15) is 18.3 Å². The summed E-state index contributed by atoms with van der Waals surface area (Å²) in [5.74, 6) is 1.07. The summed E-state index contributed by atoms with van der Waals surface area (Å²) in [6, 6.07) is 7.10. The topological polar surface area (TPSA) is 43.0 Å². The maximum absolute atomic E-state index is 13.4. The van der Waals surface area contributed by atoms with Gasteiger partial charge in [-0.1, -0.05) is 11.6 Å². The first kappa shape index (κ1) is 15.1. The number of hydrogen-bond donors (Lipinski definition) is 1. The molecular formula is C16H11ClF3N3O. The predicted molar refractivity (Wildman–Crippen MR) is 83.5 cm³/mol. The minimum Gasteiger partial charge on any atom is -0.463 e. The fourth-order valence-corrected chi connectivity index (χ4v) is 3.05. The summed E-state index contributed by atoms with van der Waals surface area (Å²) in [4.78, 5) is 0. The molecule has 0 bridgehead atoms. The van der Waals surface area contributed by atoms with Crippen molar-refractivity contribution in [2.45, 2.75) is 12.6 Å². The second-order valence-electron chi connectivity index (χ2n) is 5.40. The van der Waals surface area contributed by atoms with E-state index in [1.165, 1.54) is 23.1 Å². The molecule has 0 fully saturated rings. The van der Waals surface area contributed by atoms with Gasteiger partial charge in [-0.25, -0.2) is 4.68 Å². The molecule has 0 amide bonds. The Morgan fingerprint density at radius 1 is 1.25 bits per heavy atom. The molecule has 1 aliphatic rings. The highest BCUT2D eigenvalue weighted by Gasteiger charge is 2.36. The van der Waals surface area contributed by atoms with Crippen LogP contribution in [-0.2, 0) is 12.6 Å². The highest BCUT2D eigenvalue weighted by molar-refractivity contribution is 6.30. The summed E-state index contributed by atoms with van der Waals surface area (Å²) in [5, 5.41) is 7.49. The van der Waals surface area contributed by atoms with E-state index in [4.69, 9.17) is 16.0 Å². The molecular weight excluding hydrogens is 343 g/mol. The fraction of sp³-hybridized carbons (Fsp3) is 0.188. The normalized spacial score (nSPS) is 13.8. The Morgan fingerprint density at radius 2 is 2.08 bits per heavy atom. The summed E-state index contributed by atoms with van der Waals surface area (Å²) >= 11 is 5.75. The van der Waals surface area contributed by atoms with Crippen LogP contribution in [0.25, 0.3) is 17.1 Å². The second-order valence-corrected chi connectivity index (χ2v) is 5.84. The zero-order chi connectivity index (χ0) is 16.9. The highest BCUT2D eigenvalue weighted by atomic mass is 35.5. The molecule has 4 nitrogen and oxygen atoms in total. The number of rotatable bonds is 2. The molecule has 2 aromatic heterocycles. The van der Waals surface area contributed by atoms with Crippen molar-refractivity contribution in [2.75, 3.05) is 11.9 Å². The molecule has 8 heteroatoms. The van der Waals surface area contributed by atoms with Crippen molar-refractivity contribution in [1.82, 2.24) is 9.78 Å². The van der Waals surface area contributed by atoms with E-state index in [0.29, 0.717) is 30.2 Å². The Morgan fingerprint density at radius 3 is 2.79 bits per heavy atom. The van der Waals surface area contributed by atoms with E-state index in [0.717, 1.165) is 11.6 Å². The Kier molecular flexibility index (Phi) is 3.35. The van der Waals surface area contributed by atoms with Crippen molar-refractivity contribution in [1.29, 1.82) is 0 Å². The number of nitrogens with zero attached hydrogens (tertiary/aromatic N) is 2. The SMILES string of the molecule is FC(F)(F)c1cc(Cl)ccc1-n1nc(-c2ccco2)c2c1NCC2. The van der Waals surface area contributed by atoms with Gasteiger partial charge < -0.3 is 9.73 Å². The van der Waals surface area contributed by atoms with Crippen molar-refractivity contribution in [2.24, 2.45) is 0 Å². The average molecular weight is 354 g/mol. The molecule has 1 N–H and O–H groups in total. The van der Waals surface area contributed by atoms with Gasteiger partial charge in [-0.15, -0.1) is 0 Å². The first-order valence-electron chi connectivity index (χ1n) is 7.22. The molecule has 0 saturated carbocycles. The lowest BCUT2D eigenvalue weighted by atomic mass is 10.1. The van der Waals surface area contributed by atoms with Gasteiger partial charge in [0.25, 0.3) is 0 Å². The van der Waals surface area contributed by atoms with Crippen LogP contribution in [-0.4, -0.2) is 16.3 Å². The van der Waals surface area contributed by atoms with Gasteiger partial charge in [-0.3, -0.25) is 0 Å². The number of furan rings is 1. The minimum atomic E-state index is -4.54. The van der Waals surface area contributed by atoms with Crippen LogP contribution in [0.4, 0.5) is 19.0 Å². The zero-order valence-electron chi connectivity index (χ0n) is 12.2. The number of fused-ring (bicyclic) bond motifs is 1. The Hall–Kier alpha value is -2.41. The molecule has 0 radical (unpaired) electrons. The quantitative estimate of drug-likeness (QED) is 0.721. The van der Waals surface area contributed by atoms with Crippen LogP contribution in [0.15, 0.2) is 41.0 Å². The minimum absolute atomic E-state index is 0.0223. The van der Waals surface area contributed by atoms with Crippen LogP contribution in [0, 0.1) is 0 Å². The number of anilines is 1. The van der Waals surface area contributed by atoms with Crippen molar-refractivity contribution in [3.63, 3.8) is 0 Å². The van der Waals surface area contributed by atoms with Gasteiger partial charge in [0.05, 0.1) is 17.5 Å². The molecule has 0 atom stereocenters. The molecule has 4 rings (SSSR count). The first-order chi connectivity index (χ1) is 11.4. The van der Waals surface area contributed by atoms with Gasteiger partial charge in [0.2, 0.25) is 0 Å². The monoisotopic (exact) mass is 353 g/mol. The third-order valence-electron chi connectivity index (χ3n) is 3.90. The van der Waals surface area contributed by atoms with Crippen LogP contribution in [0.1, 0.15) is 11.1 Å². The van der Waals surface area contributed by atoms with Crippen molar-refractivity contribution in [3.8, 4) is 17.1 Å². The summed E-state index contributed by atoms with van der Waals surface area (Å²) in [6.07, 6.45) is -2.37. The summed E-state index contributed by atoms with van der Waals surface area (Å²) in [7, 11) is 0. The molecule has 0 spiro atoms. The molecule has 124 valence electrons. The third-order valence-corrected chi connectivity index (χ3v) is 4.13. The summed E-state index contributed by atoms with van der Waals surface area (Å²) in [5.41, 5.74) is 0.478. The van der Waals surface area contributed by atoms with E-state index in [1.54, 1.807) is 12.1 Å². The van der Waals surface area contributed by atoms with E-state index >= 15 is 0 Å². The highest BCUT2D eigenvalue weighted by Crippen LogP contribution is 2.40. The van der Waals surface area contributed by atoms with Gasteiger partial charge in [0, 0.05) is 17.1 Å². The molecule has 3 aromatic rings. The Labute approximate surface area is 139 Å².